The average molecular weight is 2110 g/mol. The van der Waals surface area contributed by atoms with Gasteiger partial charge in [-0.1, -0.05) is 6.92 Å². The third kappa shape index (κ3) is 36.9. The van der Waals surface area contributed by atoms with Crippen LogP contribution < -0.4 is 5.43 Å². The summed E-state index contributed by atoms with van der Waals surface area (Å²) >= 11 is 0. The number of aliphatic hydroxyl groups is 29. The Morgan fingerprint density at radius 3 is 1.35 bits per heavy atom. The van der Waals surface area contributed by atoms with Crippen molar-refractivity contribution in [2.45, 2.75) is 166 Å². The number of rotatable bonds is 12. The molecule has 0 amide bonds. The second-order valence-corrected chi connectivity index (χ2v) is 24.1. The molecular weight excluding hydrogens is 2010 g/mol. The maximum atomic E-state index is 10.9. The SMILES string of the molecule is CCC(=O)OCC1OCC(=O)C(O)[C@@H]1O.O=C1C(O)COC(CO)[C@H]1O.O=C1C(O)COC(CO)[C@H]1O.O=C1COC(CO)C=C1O.O=C1COC(CO)[C@@H](O)C1=O.O=C1COC(CO)[C@@H](O)C1O.O=c1cc(CO)occ1O.OCC1OC=C(O)C(O)[C@@H]1O.OCC1OCC(O)(O)C(O)[C@@H]1O.OCC1OCC(O)=C(O)[C@@H]1O.[Ac].[Ac]. The summed E-state index contributed by atoms with van der Waals surface area (Å²) < 4.78 is 52.0. The number of carbonyl (C=O) groups excluding carboxylic acids is 8. The van der Waals surface area contributed by atoms with Gasteiger partial charge >= 0.3 is 5.97 Å². The van der Waals surface area contributed by atoms with Gasteiger partial charge in [0.1, 0.15) is 212 Å². The first-order valence-electron chi connectivity index (χ1n) is 33.2. The van der Waals surface area contributed by atoms with E-state index in [1.807, 2.05) is 0 Å². The molecule has 9 aliphatic rings. The largest absolute Gasteiger partial charge is 0.506 e. The van der Waals surface area contributed by atoms with E-state index in [2.05, 4.69) is 18.6 Å². The van der Waals surface area contributed by atoms with Gasteiger partial charge < -0.3 is 205 Å². The quantitative estimate of drug-likeness (QED) is 0.0525. The second-order valence-electron chi connectivity index (χ2n) is 24.1. The minimum Gasteiger partial charge on any atom is -0.506 e. The molecule has 52 heteroatoms. The average Bonchev–Trinajstić information content (AvgIpc) is 0.812. The standard InChI is InChI=1S/C9H14O6.C6H12O6.5C6H10O5.C6H8O5.C6H8O4.C6H6O4.2Ac/c1-2-7(11)15-4-6-9(13)8(12)5(10)3-14-6;7-1-3-4(8)5(9)6(10,11)2-12-3;6*7-1-4-6(10)5(9)3(8)2-11-4;2*7-2-4-1-5(8)6(9)3-10-4;;/h6,8-9,12-13H,2-4H2,1H3;3-5,7-11H,1-2H2;4,6-10H,1-2H2;4-7,9-10H,1-2H2;2*3-4,6-8,10H,1-2H2;2,4-10H,1H2;4,6-7,10H,1-2H2;1,4,7-8H,2-3H2;1,3,7,9H,2H2;;/t6?,8?,9-;3?,4-,5?;4?,6-;4?,5?,6-;2*3?,4?,6-;4?,5?,6-;4?,6-;;;;/m11111111..../s1. The Labute approximate surface area is 720 Å². The van der Waals surface area contributed by atoms with Gasteiger partial charge in [0, 0.05) is 101 Å². The smallest absolute Gasteiger partial charge is 0.305 e. The van der Waals surface area contributed by atoms with Crippen LogP contribution in [0, 0.1) is 88.1 Å². The first-order chi connectivity index (χ1) is 53.0. The zero-order chi connectivity index (χ0) is 86.5. The van der Waals surface area contributed by atoms with E-state index in [9.17, 15) is 53.4 Å². The fourth-order valence-electron chi connectivity index (χ4n) is 8.74. The number of carbonyl (C=O) groups is 8. The summed E-state index contributed by atoms with van der Waals surface area (Å²) in [5.41, 5.74) is -0.546. The van der Waals surface area contributed by atoms with Gasteiger partial charge in [0.2, 0.25) is 28.6 Å². The number of ketones is 7. The van der Waals surface area contributed by atoms with Crippen LogP contribution in [0.5, 0.6) is 5.75 Å². The minimum absolute atomic E-state index is 0. The molecule has 1 aromatic rings. The molecule has 9 aliphatic heterocycles. The number of aliphatic hydroxyl groups excluding tert-OH is 27. The molecule has 1 aromatic heterocycles. The van der Waals surface area contributed by atoms with Crippen molar-refractivity contribution in [3.05, 3.63) is 63.7 Å². The van der Waals surface area contributed by atoms with E-state index >= 15 is 0 Å². The topological polar surface area (TPSA) is 866 Å². The summed E-state index contributed by atoms with van der Waals surface area (Å²) in [6.07, 6.45) is -23.8. The van der Waals surface area contributed by atoms with E-state index in [1.165, 1.54) is 6.08 Å². The van der Waals surface area contributed by atoms with Gasteiger partial charge in [0.05, 0.1) is 66.1 Å². The first-order valence-corrected chi connectivity index (χ1v) is 33.2. The molecule has 115 heavy (non-hydrogen) atoms. The normalized spacial score (nSPS) is 32.6. The monoisotopic (exact) mass is 2110 g/mol. The molecule has 10 heterocycles. The van der Waals surface area contributed by atoms with E-state index in [4.69, 9.17) is 176 Å². The van der Waals surface area contributed by atoms with Crippen molar-refractivity contribution in [3.63, 3.8) is 0 Å². The number of esters is 1. The molecule has 0 saturated carbocycles. The Morgan fingerprint density at radius 2 is 0.896 bits per heavy atom. The third-order valence-electron chi connectivity index (χ3n) is 15.8. The summed E-state index contributed by atoms with van der Waals surface area (Å²) in [7, 11) is 0. The summed E-state index contributed by atoms with van der Waals surface area (Å²) in [5, 5.41) is 265. The number of ether oxygens (including phenoxy) is 10. The van der Waals surface area contributed by atoms with Crippen molar-refractivity contribution in [2.24, 2.45) is 0 Å². The molecule has 6 fully saturated rings. The van der Waals surface area contributed by atoms with Crippen molar-refractivity contribution in [1.82, 2.24) is 0 Å². The number of hydrogen-bond donors (Lipinski definition) is 30. The molecule has 0 aliphatic carbocycles. The fraction of sp³-hybridized carbons (Fsp3) is 0.698. The molecule has 0 aromatic carbocycles. The molecule has 10 rings (SSSR count). The fourth-order valence-corrected chi connectivity index (χ4v) is 8.74. The summed E-state index contributed by atoms with van der Waals surface area (Å²) in [5.74, 6) is -9.37. The van der Waals surface area contributed by atoms with Crippen LogP contribution in [0.2, 0.25) is 0 Å². The van der Waals surface area contributed by atoms with Crippen LogP contribution >= 0.6 is 0 Å². The van der Waals surface area contributed by atoms with Crippen LogP contribution in [0.25, 0.3) is 0 Å². The first kappa shape index (κ1) is 113. The predicted molar refractivity (Wildman–Crippen MR) is 353 cm³/mol. The molecule has 50 nitrogen and oxygen atoms in total. The Kier molecular flexibility index (Phi) is 56.7. The van der Waals surface area contributed by atoms with E-state index in [-0.39, 0.29) is 178 Å². The molecule has 656 valence electrons. The van der Waals surface area contributed by atoms with Crippen LogP contribution in [-0.2, 0) is 92.3 Å². The van der Waals surface area contributed by atoms with E-state index in [1.54, 1.807) is 6.92 Å². The second kappa shape index (κ2) is 57.8. The van der Waals surface area contributed by atoms with Crippen LogP contribution in [0.4, 0.5) is 0 Å². The van der Waals surface area contributed by atoms with Crippen molar-refractivity contribution in [1.29, 1.82) is 0 Å². The van der Waals surface area contributed by atoms with E-state index < -0.39 is 268 Å². The summed E-state index contributed by atoms with van der Waals surface area (Å²) in [6, 6.07) is 1.04. The van der Waals surface area contributed by atoms with Gasteiger partial charge in [-0.25, -0.2) is 0 Å². The van der Waals surface area contributed by atoms with Gasteiger partial charge in [-0.05, 0) is 6.08 Å². The summed E-state index contributed by atoms with van der Waals surface area (Å²) in [4.78, 5) is 96.3. The van der Waals surface area contributed by atoms with Crippen LogP contribution in [0.15, 0.2) is 56.9 Å². The van der Waals surface area contributed by atoms with E-state index in [0.717, 1.165) is 18.6 Å². The Balaban J connectivity index is 0. The van der Waals surface area contributed by atoms with Crippen LogP contribution in [-0.4, -0.2) is 458 Å². The zero-order valence-electron chi connectivity index (χ0n) is 60.8. The van der Waals surface area contributed by atoms with Gasteiger partial charge in [-0.2, -0.15) is 0 Å². The molecule has 6 saturated heterocycles. The maximum absolute atomic E-state index is 10.9. The van der Waals surface area contributed by atoms with Crippen molar-refractivity contribution in [2.75, 3.05) is 112 Å². The Hall–Kier alpha value is -4.31. The minimum atomic E-state index is -2.44. The number of hydrogen-bond acceptors (Lipinski definition) is 50. The molecule has 0 spiro atoms. The van der Waals surface area contributed by atoms with Crippen molar-refractivity contribution in [3.8, 4) is 5.75 Å². The molecule has 0 bridgehead atoms. The van der Waals surface area contributed by atoms with E-state index in [0.29, 0.717) is 0 Å². The third-order valence-corrected chi connectivity index (χ3v) is 15.8. The van der Waals surface area contributed by atoms with Crippen molar-refractivity contribution >= 4 is 46.5 Å². The molecule has 30 N–H and O–H groups in total. The molecule has 2 radical (unpaired) electrons. The molecule has 23 atom stereocenters. The van der Waals surface area contributed by atoms with Gasteiger partial charge in [0.25, 0.3) is 0 Å². The van der Waals surface area contributed by atoms with Gasteiger partial charge in [-0.15, -0.1) is 0 Å². The summed E-state index contributed by atoms with van der Waals surface area (Å²) in [6.45, 7) is -4.04. The van der Waals surface area contributed by atoms with Crippen LogP contribution in [0.3, 0.4) is 0 Å². The van der Waals surface area contributed by atoms with Gasteiger partial charge in [0.15, 0.2) is 51.9 Å². The Bertz CT molecular complexity index is 3200. The predicted octanol–water partition coefficient (Wildman–Crippen LogP) is -16.9. The molecular formula is C63H98Ac2O50. The Morgan fingerprint density at radius 1 is 0.470 bits per heavy atom. The van der Waals surface area contributed by atoms with Crippen molar-refractivity contribution < 1.29 is 331 Å². The van der Waals surface area contributed by atoms with Gasteiger partial charge in [-0.3, -0.25) is 43.2 Å². The zero-order valence-corrected chi connectivity index (χ0v) is 70.3. The number of Topliss-reactive ketones (excluding diaryl/α,β-unsaturated/α-hetero) is 7. The number of aromatic hydroxyl groups is 1. The molecule has 15 unspecified atom stereocenters. The maximum Gasteiger partial charge on any atom is 0.305 e. The van der Waals surface area contributed by atoms with Crippen LogP contribution in [0.1, 0.15) is 19.1 Å².